The van der Waals surface area contributed by atoms with Gasteiger partial charge in [0.05, 0.1) is 5.75 Å². The van der Waals surface area contributed by atoms with Crippen LogP contribution in [0.1, 0.15) is 19.8 Å². The lowest BCUT2D eigenvalue weighted by atomic mass is 10.5. The molecule has 0 aromatic rings. The predicted molar refractivity (Wildman–Crippen MR) is 63.7 cm³/mol. The molecule has 0 fully saturated rings. The fourth-order valence-corrected chi connectivity index (χ4v) is 1.30. The summed E-state index contributed by atoms with van der Waals surface area (Å²) in [5.41, 5.74) is 0. The lowest BCUT2D eigenvalue weighted by molar-refractivity contribution is 0.410. The quantitative estimate of drug-likeness (QED) is 0.562. The maximum atomic E-state index is 9.79. The maximum Gasteiger partial charge on any atom is 0.264 e. The van der Waals surface area contributed by atoms with Gasteiger partial charge in [0.25, 0.3) is 10.1 Å². The first-order valence-electron chi connectivity index (χ1n) is 4.54. The molecule has 0 rings (SSSR count). The molecule has 0 radical (unpaired) electrons. The van der Waals surface area contributed by atoms with Crippen LogP contribution in [0.15, 0.2) is 0 Å². The average Bonchev–Trinajstić information content (AvgIpc) is 1.99. The Balaban J connectivity index is 0. The summed E-state index contributed by atoms with van der Waals surface area (Å²) >= 11 is 4.07. The molecule has 0 aliphatic rings. The second-order valence-corrected chi connectivity index (χ2v) is 5.19. The summed E-state index contributed by atoms with van der Waals surface area (Å²) in [5, 5.41) is 0. The molecular formula is C8H21NO3S2. The van der Waals surface area contributed by atoms with E-state index in [4.69, 9.17) is 4.55 Å². The normalized spacial score (nSPS) is 11.0. The summed E-state index contributed by atoms with van der Waals surface area (Å²) in [5.74, 6) is 0.866. The molecule has 4 nitrogen and oxygen atoms in total. The Labute approximate surface area is 92.8 Å². The van der Waals surface area contributed by atoms with Gasteiger partial charge < -0.3 is 4.90 Å². The van der Waals surface area contributed by atoms with Crippen LogP contribution in [-0.4, -0.2) is 50.0 Å². The summed E-state index contributed by atoms with van der Waals surface area (Å²) in [7, 11) is 0.472. The lowest BCUT2D eigenvalue weighted by Crippen LogP contribution is -2.12. The van der Waals surface area contributed by atoms with E-state index in [1.807, 2.05) is 0 Å². The van der Waals surface area contributed by atoms with Gasteiger partial charge in [0.2, 0.25) is 0 Å². The second kappa shape index (κ2) is 9.76. The zero-order valence-corrected chi connectivity index (χ0v) is 10.8. The standard InChI is InChI=1S/C5H13NS.C3H8O3S/c1-6(2)4-3-5-7;1-2-3-7(4,5)6/h7H,3-5H2,1-2H3;2-3H2,1H3,(H,4,5,6). The Morgan fingerprint density at radius 3 is 1.93 bits per heavy atom. The Kier molecular flexibility index (Phi) is 11.6. The highest BCUT2D eigenvalue weighted by atomic mass is 32.2. The predicted octanol–water partition coefficient (Wildman–Crippen LogP) is 1.15. The van der Waals surface area contributed by atoms with Crippen molar-refractivity contribution in [3.8, 4) is 0 Å². The van der Waals surface area contributed by atoms with E-state index in [0.717, 1.165) is 12.3 Å². The molecule has 0 aromatic carbocycles. The summed E-state index contributed by atoms with van der Waals surface area (Å²) < 4.78 is 27.6. The molecule has 88 valence electrons. The van der Waals surface area contributed by atoms with E-state index in [1.54, 1.807) is 6.92 Å². The lowest BCUT2D eigenvalue weighted by Gasteiger charge is -2.05. The van der Waals surface area contributed by atoms with Crippen molar-refractivity contribution in [3.05, 3.63) is 0 Å². The first kappa shape index (κ1) is 16.6. The maximum absolute atomic E-state index is 9.79. The molecular weight excluding hydrogens is 222 g/mol. The molecule has 0 spiro atoms. The van der Waals surface area contributed by atoms with Crippen molar-refractivity contribution in [1.82, 2.24) is 4.90 Å². The fourth-order valence-electron chi connectivity index (χ4n) is 0.645. The monoisotopic (exact) mass is 243 g/mol. The largest absolute Gasteiger partial charge is 0.309 e. The molecule has 6 heteroatoms. The molecule has 0 atom stereocenters. The highest BCUT2D eigenvalue weighted by Crippen LogP contribution is 1.84. The Hall–Kier alpha value is 0.220. The number of hydrogen-bond acceptors (Lipinski definition) is 4. The average molecular weight is 243 g/mol. The van der Waals surface area contributed by atoms with E-state index in [0.29, 0.717) is 6.42 Å². The number of nitrogens with zero attached hydrogens (tertiary/aromatic N) is 1. The van der Waals surface area contributed by atoms with Crippen LogP contribution in [-0.2, 0) is 10.1 Å². The number of thiol groups is 1. The van der Waals surface area contributed by atoms with Crippen molar-refractivity contribution in [2.45, 2.75) is 19.8 Å². The van der Waals surface area contributed by atoms with Crippen molar-refractivity contribution in [3.63, 3.8) is 0 Å². The van der Waals surface area contributed by atoms with Gasteiger partial charge in [-0.15, -0.1) is 0 Å². The van der Waals surface area contributed by atoms with Crippen LogP contribution >= 0.6 is 12.6 Å². The van der Waals surface area contributed by atoms with Crippen molar-refractivity contribution < 1.29 is 13.0 Å². The van der Waals surface area contributed by atoms with Gasteiger partial charge in [0.1, 0.15) is 0 Å². The molecule has 0 unspecified atom stereocenters. The molecule has 0 heterocycles. The third-order valence-electron chi connectivity index (χ3n) is 1.23. The zero-order chi connectivity index (χ0) is 11.6. The first-order valence-corrected chi connectivity index (χ1v) is 6.78. The van der Waals surface area contributed by atoms with E-state index in [-0.39, 0.29) is 5.75 Å². The first-order chi connectivity index (χ1) is 6.33. The van der Waals surface area contributed by atoms with Crippen LogP contribution in [0.3, 0.4) is 0 Å². The van der Waals surface area contributed by atoms with Gasteiger partial charge in [-0.3, -0.25) is 4.55 Å². The van der Waals surface area contributed by atoms with Crippen molar-refractivity contribution in [2.75, 3.05) is 32.1 Å². The number of hydrogen-bond donors (Lipinski definition) is 2. The second-order valence-electron chi connectivity index (χ2n) is 3.17. The minimum Gasteiger partial charge on any atom is -0.309 e. The smallest absolute Gasteiger partial charge is 0.264 e. The van der Waals surface area contributed by atoms with E-state index in [2.05, 4.69) is 31.6 Å². The summed E-state index contributed by atoms with van der Waals surface area (Å²) in [6.07, 6.45) is 1.66. The Morgan fingerprint density at radius 1 is 1.36 bits per heavy atom. The molecule has 0 amide bonds. The number of rotatable bonds is 5. The zero-order valence-electron chi connectivity index (χ0n) is 9.10. The van der Waals surface area contributed by atoms with Gasteiger partial charge in [-0.05, 0) is 39.2 Å². The summed E-state index contributed by atoms with van der Waals surface area (Å²) in [4.78, 5) is 2.16. The van der Waals surface area contributed by atoms with Gasteiger partial charge in [0, 0.05) is 0 Å². The van der Waals surface area contributed by atoms with Crippen molar-refractivity contribution in [2.24, 2.45) is 0 Å². The van der Waals surface area contributed by atoms with E-state index in [9.17, 15) is 8.42 Å². The van der Waals surface area contributed by atoms with Gasteiger partial charge in [-0.1, -0.05) is 6.92 Å². The molecule has 0 aliphatic heterocycles. The topological polar surface area (TPSA) is 57.6 Å². The molecule has 0 bridgehead atoms. The van der Waals surface area contributed by atoms with Crippen LogP contribution < -0.4 is 0 Å². The van der Waals surface area contributed by atoms with Crippen LogP contribution in [0.25, 0.3) is 0 Å². The molecule has 14 heavy (non-hydrogen) atoms. The van der Waals surface area contributed by atoms with Crippen LogP contribution in [0.2, 0.25) is 0 Å². The molecule has 0 aromatic heterocycles. The van der Waals surface area contributed by atoms with Crippen LogP contribution in [0.5, 0.6) is 0 Å². The molecule has 0 saturated heterocycles. The minimum atomic E-state index is -3.67. The third kappa shape index (κ3) is 22.8. The molecule has 1 N–H and O–H groups in total. The van der Waals surface area contributed by atoms with Gasteiger partial charge >= 0.3 is 0 Å². The van der Waals surface area contributed by atoms with E-state index in [1.165, 1.54) is 6.42 Å². The van der Waals surface area contributed by atoms with Gasteiger partial charge in [0.15, 0.2) is 0 Å². The van der Waals surface area contributed by atoms with Crippen LogP contribution in [0, 0.1) is 0 Å². The van der Waals surface area contributed by atoms with Crippen molar-refractivity contribution in [1.29, 1.82) is 0 Å². The van der Waals surface area contributed by atoms with Gasteiger partial charge in [-0.2, -0.15) is 21.0 Å². The highest BCUT2D eigenvalue weighted by molar-refractivity contribution is 7.85. The summed E-state index contributed by atoms with van der Waals surface area (Å²) in [6.45, 7) is 2.84. The summed E-state index contributed by atoms with van der Waals surface area (Å²) in [6, 6.07) is 0. The van der Waals surface area contributed by atoms with Gasteiger partial charge in [-0.25, -0.2) is 0 Å². The van der Waals surface area contributed by atoms with E-state index >= 15 is 0 Å². The minimum absolute atomic E-state index is 0.132. The Bertz CT molecular complexity index is 203. The van der Waals surface area contributed by atoms with Crippen LogP contribution in [0.4, 0.5) is 0 Å². The third-order valence-corrected chi connectivity index (χ3v) is 2.47. The Morgan fingerprint density at radius 2 is 1.86 bits per heavy atom. The highest BCUT2D eigenvalue weighted by Gasteiger charge is 1.98. The molecule has 0 saturated carbocycles. The van der Waals surface area contributed by atoms with Crippen molar-refractivity contribution >= 4 is 22.7 Å². The fraction of sp³-hybridized carbons (Fsp3) is 1.00. The van der Waals surface area contributed by atoms with E-state index < -0.39 is 10.1 Å². The SMILES string of the molecule is CCCS(=O)(=O)O.CN(C)CCCS. The molecule has 0 aliphatic carbocycles.